The van der Waals surface area contributed by atoms with Gasteiger partial charge in [-0.25, -0.2) is 4.39 Å². The molecule has 1 aromatic heterocycles. The predicted octanol–water partition coefficient (Wildman–Crippen LogP) is 3.12. The molecule has 2 aromatic rings. The van der Waals surface area contributed by atoms with Gasteiger partial charge in [0.15, 0.2) is 5.82 Å². The first kappa shape index (κ1) is 11.0. The molecule has 5 heteroatoms. The maximum atomic E-state index is 13.5. The Bertz CT molecular complexity index is 496. The van der Waals surface area contributed by atoms with Crippen LogP contribution in [0.2, 0.25) is 5.02 Å². The molecule has 0 atom stereocenters. The number of nitrogens with one attached hydrogen (secondary N) is 2. The normalized spacial score (nSPS) is 10.4. The molecule has 1 aromatic carbocycles. The monoisotopic (exact) mass is 239 g/mol. The molecular weight excluding hydrogens is 229 g/mol. The minimum Gasteiger partial charge on any atom is -0.378 e. The smallest absolute Gasteiger partial charge is 0.164 e. The molecule has 0 fully saturated rings. The summed E-state index contributed by atoms with van der Waals surface area (Å²) in [6.07, 6.45) is 1.71. The van der Waals surface area contributed by atoms with E-state index in [0.29, 0.717) is 12.2 Å². The van der Waals surface area contributed by atoms with Gasteiger partial charge in [0.25, 0.3) is 0 Å². The standard InChI is InChI=1S/C11H11ClFN3/c1-7-8(6-15-16-7)5-14-10-4-2-3-9(12)11(10)13/h2-4,6,14H,5H2,1H3,(H,15,16). The first-order chi connectivity index (χ1) is 7.68. The second-order valence-corrected chi connectivity index (χ2v) is 3.88. The SMILES string of the molecule is Cc1[nH]ncc1CNc1cccc(Cl)c1F. The number of anilines is 1. The molecule has 0 unspecified atom stereocenters. The second kappa shape index (κ2) is 4.53. The minimum absolute atomic E-state index is 0.119. The van der Waals surface area contributed by atoms with E-state index in [2.05, 4.69) is 15.5 Å². The van der Waals surface area contributed by atoms with Gasteiger partial charge in [0.05, 0.1) is 16.9 Å². The van der Waals surface area contributed by atoms with E-state index >= 15 is 0 Å². The van der Waals surface area contributed by atoms with Crippen LogP contribution in [0.4, 0.5) is 10.1 Å². The van der Waals surface area contributed by atoms with Gasteiger partial charge in [-0.15, -0.1) is 0 Å². The van der Waals surface area contributed by atoms with Crippen molar-refractivity contribution in [2.45, 2.75) is 13.5 Å². The van der Waals surface area contributed by atoms with Gasteiger partial charge in [-0.3, -0.25) is 5.10 Å². The molecule has 0 spiro atoms. The summed E-state index contributed by atoms with van der Waals surface area (Å²) in [6.45, 7) is 2.43. The number of hydrogen-bond donors (Lipinski definition) is 2. The van der Waals surface area contributed by atoms with E-state index in [1.807, 2.05) is 6.92 Å². The Hall–Kier alpha value is -1.55. The maximum Gasteiger partial charge on any atom is 0.164 e. The number of benzene rings is 1. The van der Waals surface area contributed by atoms with Gasteiger partial charge in [0.2, 0.25) is 0 Å². The third-order valence-electron chi connectivity index (χ3n) is 2.36. The van der Waals surface area contributed by atoms with Crippen LogP contribution in [-0.2, 0) is 6.54 Å². The van der Waals surface area contributed by atoms with Crippen molar-refractivity contribution in [3.05, 3.63) is 46.5 Å². The fourth-order valence-corrected chi connectivity index (χ4v) is 1.56. The molecule has 0 saturated heterocycles. The van der Waals surface area contributed by atoms with Crippen LogP contribution < -0.4 is 5.32 Å². The van der Waals surface area contributed by atoms with Crippen molar-refractivity contribution in [1.29, 1.82) is 0 Å². The van der Waals surface area contributed by atoms with Crippen LogP contribution in [0, 0.1) is 12.7 Å². The van der Waals surface area contributed by atoms with Gasteiger partial charge < -0.3 is 5.32 Å². The Balaban J connectivity index is 2.11. The van der Waals surface area contributed by atoms with Gasteiger partial charge >= 0.3 is 0 Å². The zero-order valence-electron chi connectivity index (χ0n) is 8.72. The van der Waals surface area contributed by atoms with Crippen LogP contribution in [0.3, 0.4) is 0 Å². The van der Waals surface area contributed by atoms with E-state index in [4.69, 9.17) is 11.6 Å². The largest absolute Gasteiger partial charge is 0.378 e. The van der Waals surface area contributed by atoms with Gasteiger partial charge in [0.1, 0.15) is 0 Å². The molecule has 0 bridgehead atoms. The van der Waals surface area contributed by atoms with Crippen molar-refractivity contribution in [2.75, 3.05) is 5.32 Å². The number of halogens is 2. The molecular formula is C11H11ClFN3. The minimum atomic E-state index is -0.426. The van der Waals surface area contributed by atoms with E-state index in [1.54, 1.807) is 18.3 Å². The summed E-state index contributed by atoms with van der Waals surface area (Å²) < 4.78 is 13.5. The topological polar surface area (TPSA) is 40.7 Å². The Labute approximate surface area is 97.6 Å². The molecule has 0 aliphatic heterocycles. The summed E-state index contributed by atoms with van der Waals surface area (Å²) in [5.74, 6) is -0.426. The van der Waals surface area contributed by atoms with Crippen LogP contribution in [0.15, 0.2) is 24.4 Å². The van der Waals surface area contributed by atoms with Gasteiger partial charge in [0, 0.05) is 17.8 Å². The van der Waals surface area contributed by atoms with E-state index in [1.165, 1.54) is 6.07 Å². The number of hydrogen-bond acceptors (Lipinski definition) is 2. The zero-order chi connectivity index (χ0) is 11.5. The van der Waals surface area contributed by atoms with Crippen LogP contribution in [0.25, 0.3) is 0 Å². The third kappa shape index (κ3) is 2.17. The van der Waals surface area contributed by atoms with Gasteiger partial charge in [-0.1, -0.05) is 17.7 Å². The Kier molecular flexibility index (Phi) is 3.10. The maximum absolute atomic E-state index is 13.5. The van der Waals surface area contributed by atoms with Crippen LogP contribution in [0.1, 0.15) is 11.3 Å². The fourth-order valence-electron chi connectivity index (χ4n) is 1.38. The van der Waals surface area contributed by atoms with Crippen molar-refractivity contribution in [2.24, 2.45) is 0 Å². The number of H-pyrrole nitrogens is 1. The van der Waals surface area contributed by atoms with Crippen molar-refractivity contribution < 1.29 is 4.39 Å². The van der Waals surface area contributed by atoms with Crippen LogP contribution >= 0.6 is 11.6 Å². The first-order valence-corrected chi connectivity index (χ1v) is 5.23. The van der Waals surface area contributed by atoms with E-state index < -0.39 is 5.82 Å². The number of aryl methyl sites for hydroxylation is 1. The Morgan fingerprint density at radius 1 is 1.50 bits per heavy atom. The number of nitrogens with zero attached hydrogens (tertiary/aromatic N) is 1. The van der Waals surface area contributed by atoms with Gasteiger partial charge in [-0.05, 0) is 19.1 Å². The zero-order valence-corrected chi connectivity index (χ0v) is 9.48. The molecule has 16 heavy (non-hydrogen) atoms. The summed E-state index contributed by atoms with van der Waals surface area (Å²) in [7, 11) is 0. The second-order valence-electron chi connectivity index (χ2n) is 3.48. The van der Waals surface area contributed by atoms with Crippen molar-refractivity contribution in [1.82, 2.24) is 10.2 Å². The molecule has 1 heterocycles. The van der Waals surface area contributed by atoms with Crippen molar-refractivity contribution in [3.63, 3.8) is 0 Å². The Morgan fingerprint density at radius 2 is 2.31 bits per heavy atom. The lowest BCUT2D eigenvalue weighted by Gasteiger charge is -2.07. The Morgan fingerprint density at radius 3 is 3.00 bits per heavy atom. The summed E-state index contributed by atoms with van der Waals surface area (Å²) in [5.41, 5.74) is 2.36. The molecule has 0 radical (unpaired) electrons. The number of aromatic nitrogens is 2. The molecule has 0 aliphatic carbocycles. The highest BCUT2D eigenvalue weighted by Gasteiger charge is 2.06. The fraction of sp³-hybridized carbons (Fsp3) is 0.182. The molecule has 0 amide bonds. The lowest BCUT2D eigenvalue weighted by Crippen LogP contribution is -2.02. The predicted molar refractivity (Wildman–Crippen MR) is 62.1 cm³/mol. The van der Waals surface area contributed by atoms with Crippen molar-refractivity contribution >= 4 is 17.3 Å². The first-order valence-electron chi connectivity index (χ1n) is 4.85. The summed E-state index contributed by atoms with van der Waals surface area (Å²) in [5, 5.41) is 9.81. The summed E-state index contributed by atoms with van der Waals surface area (Å²) in [4.78, 5) is 0. The van der Waals surface area contributed by atoms with E-state index in [-0.39, 0.29) is 5.02 Å². The molecule has 84 valence electrons. The molecule has 2 rings (SSSR count). The van der Waals surface area contributed by atoms with Crippen LogP contribution in [-0.4, -0.2) is 10.2 Å². The molecule has 3 nitrogen and oxygen atoms in total. The average molecular weight is 240 g/mol. The quantitative estimate of drug-likeness (QED) is 0.864. The number of aromatic amines is 1. The van der Waals surface area contributed by atoms with Gasteiger partial charge in [-0.2, -0.15) is 5.10 Å². The molecule has 0 saturated carbocycles. The third-order valence-corrected chi connectivity index (χ3v) is 2.65. The summed E-state index contributed by atoms with van der Waals surface area (Å²) in [6, 6.07) is 4.87. The molecule has 0 aliphatic rings. The summed E-state index contributed by atoms with van der Waals surface area (Å²) >= 11 is 5.67. The highest BCUT2D eigenvalue weighted by Crippen LogP contribution is 2.22. The lowest BCUT2D eigenvalue weighted by atomic mass is 10.2. The highest BCUT2D eigenvalue weighted by molar-refractivity contribution is 6.31. The average Bonchev–Trinajstić information content (AvgIpc) is 2.67. The highest BCUT2D eigenvalue weighted by atomic mass is 35.5. The van der Waals surface area contributed by atoms with E-state index in [0.717, 1.165) is 11.3 Å². The van der Waals surface area contributed by atoms with E-state index in [9.17, 15) is 4.39 Å². The number of rotatable bonds is 3. The molecule has 2 N–H and O–H groups in total. The lowest BCUT2D eigenvalue weighted by molar-refractivity contribution is 0.630. The van der Waals surface area contributed by atoms with Crippen molar-refractivity contribution in [3.8, 4) is 0 Å². The van der Waals surface area contributed by atoms with Crippen LogP contribution in [0.5, 0.6) is 0 Å².